The largest absolute Gasteiger partial charge is 0.363 e. The number of ketones is 1. The van der Waals surface area contributed by atoms with Crippen molar-refractivity contribution in [2.24, 2.45) is 17.6 Å². The molecule has 1 unspecified atom stereocenters. The number of carbonyl (C=O) groups is 5. The van der Waals surface area contributed by atoms with Crippen molar-refractivity contribution in [1.29, 1.82) is 0 Å². The summed E-state index contributed by atoms with van der Waals surface area (Å²) < 4.78 is 0. The highest BCUT2D eigenvalue weighted by Crippen LogP contribution is 2.31. The van der Waals surface area contributed by atoms with E-state index in [2.05, 4.69) is 15.5 Å². The highest BCUT2D eigenvalue weighted by Gasteiger charge is 2.45. The van der Waals surface area contributed by atoms with E-state index in [9.17, 15) is 24.0 Å². The Balaban J connectivity index is 1.41. The van der Waals surface area contributed by atoms with Gasteiger partial charge >= 0.3 is 0 Å². The molecule has 10 nitrogen and oxygen atoms in total. The van der Waals surface area contributed by atoms with E-state index in [1.165, 1.54) is 6.42 Å². The number of primary amides is 1. The topological polar surface area (TPSA) is 142 Å². The minimum atomic E-state index is -1.10. The first-order valence-electron chi connectivity index (χ1n) is 17.1. The summed E-state index contributed by atoms with van der Waals surface area (Å²) in [5, 5.41) is 7.81. The quantitative estimate of drug-likeness (QED) is 0.324. The fourth-order valence-corrected chi connectivity index (χ4v) is 7.54. The summed E-state index contributed by atoms with van der Waals surface area (Å²) in [5.74, 6) is -3.10. The van der Waals surface area contributed by atoms with E-state index in [1.807, 2.05) is 36.4 Å². The number of rotatable bonds is 11. The van der Waals surface area contributed by atoms with E-state index >= 15 is 0 Å². The molecule has 4 amide bonds. The average Bonchev–Trinajstić information content (AvgIpc) is 3.52. The van der Waals surface area contributed by atoms with Crippen LogP contribution in [0, 0.1) is 11.8 Å². The first-order valence-corrected chi connectivity index (χ1v) is 17.1. The maximum Gasteiger partial charge on any atom is 0.287 e. The summed E-state index contributed by atoms with van der Waals surface area (Å²) in [6.45, 7) is 5.64. The lowest BCUT2D eigenvalue weighted by Crippen LogP contribution is -2.57. The molecule has 0 aromatic heterocycles. The third-order valence-corrected chi connectivity index (χ3v) is 10.2. The highest BCUT2D eigenvalue weighted by atomic mass is 16.2. The minimum Gasteiger partial charge on any atom is -0.363 e. The number of fused-ring (bicyclic) bond motifs is 1. The van der Waals surface area contributed by atoms with Crippen molar-refractivity contribution in [3.63, 3.8) is 0 Å². The van der Waals surface area contributed by atoms with Gasteiger partial charge in [-0.05, 0) is 73.5 Å². The van der Waals surface area contributed by atoms with E-state index in [-0.39, 0.29) is 23.8 Å². The summed E-state index contributed by atoms with van der Waals surface area (Å²) in [6.07, 6.45) is 9.58. The maximum atomic E-state index is 14.6. The van der Waals surface area contributed by atoms with Crippen molar-refractivity contribution in [3.05, 3.63) is 48.0 Å². The van der Waals surface area contributed by atoms with Crippen molar-refractivity contribution in [2.75, 3.05) is 19.6 Å². The molecule has 2 aromatic carbocycles. The third-order valence-electron chi connectivity index (χ3n) is 10.2. The van der Waals surface area contributed by atoms with Gasteiger partial charge in [-0.3, -0.25) is 28.9 Å². The number of nitrogens with one attached hydrogen (secondary N) is 2. The molecule has 1 saturated carbocycles. The second kappa shape index (κ2) is 15.2. The van der Waals surface area contributed by atoms with Crippen molar-refractivity contribution >= 4 is 40.2 Å². The summed E-state index contributed by atoms with van der Waals surface area (Å²) >= 11 is 0. The number of likely N-dealkylation sites (tertiary alicyclic amines) is 2. The van der Waals surface area contributed by atoms with Crippen LogP contribution in [0.5, 0.6) is 0 Å². The molecular formula is C36H49N5O5. The van der Waals surface area contributed by atoms with Crippen LogP contribution in [0.1, 0.15) is 88.4 Å². The Labute approximate surface area is 271 Å². The van der Waals surface area contributed by atoms with Gasteiger partial charge < -0.3 is 21.3 Å². The number of piperidine rings is 1. The van der Waals surface area contributed by atoms with Crippen LogP contribution in [0.15, 0.2) is 42.5 Å². The number of carbonyl (C=O) groups excluding carboxylic acids is 5. The Kier molecular flexibility index (Phi) is 11.1. The molecule has 248 valence electrons. The molecule has 5 rings (SSSR count). The Morgan fingerprint density at radius 2 is 1.54 bits per heavy atom. The van der Waals surface area contributed by atoms with Gasteiger partial charge in [-0.1, -0.05) is 82.7 Å². The van der Waals surface area contributed by atoms with Gasteiger partial charge in [0.15, 0.2) is 0 Å². The van der Waals surface area contributed by atoms with Crippen LogP contribution < -0.4 is 16.4 Å². The maximum absolute atomic E-state index is 14.6. The molecule has 0 radical (unpaired) electrons. The Bertz CT molecular complexity index is 1430. The van der Waals surface area contributed by atoms with Crippen molar-refractivity contribution in [1.82, 2.24) is 20.4 Å². The fraction of sp³-hybridized carbons (Fsp3) is 0.583. The van der Waals surface area contributed by atoms with Crippen LogP contribution in [-0.2, 0) is 19.2 Å². The average molecular weight is 632 g/mol. The van der Waals surface area contributed by atoms with Crippen LogP contribution in [0.3, 0.4) is 0 Å². The highest BCUT2D eigenvalue weighted by molar-refractivity contribution is 6.38. The monoisotopic (exact) mass is 631 g/mol. The molecule has 46 heavy (non-hydrogen) atoms. The lowest BCUT2D eigenvalue weighted by Gasteiger charge is -2.33. The number of Topliss-reactive ketones (excluding diaryl/α,β-unsaturated/α-hetero) is 1. The molecule has 2 heterocycles. The second-order valence-corrected chi connectivity index (χ2v) is 13.8. The number of hydrogen-bond acceptors (Lipinski definition) is 6. The van der Waals surface area contributed by atoms with Crippen molar-refractivity contribution < 1.29 is 24.0 Å². The van der Waals surface area contributed by atoms with Gasteiger partial charge in [-0.2, -0.15) is 0 Å². The normalized spacial score (nSPS) is 22.4. The number of benzene rings is 2. The van der Waals surface area contributed by atoms with Crippen LogP contribution in [-0.4, -0.2) is 83.0 Å². The van der Waals surface area contributed by atoms with E-state index < -0.39 is 35.7 Å². The standard InChI is InChI=1S/C36H49N5O5/c1-23(2)31(32(42)33(37)43)39-35(45)30-21-28(40-17-9-4-10-18-40)22-41(30)36(46)29(19-24-11-5-3-6-12-24)38-34(44)27-16-15-25-13-7-8-14-26(25)20-27/h7-8,13-16,20,23-24,28-31H,3-6,9-12,17-19,21-22H2,1-2H3,(H2,37,43)(H,38,44)(H,39,45)/t28-,29-,30+,31?/m1/s1. The molecule has 10 heteroatoms. The van der Waals surface area contributed by atoms with E-state index in [0.29, 0.717) is 30.9 Å². The third kappa shape index (κ3) is 7.94. The lowest BCUT2D eigenvalue weighted by molar-refractivity contribution is -0.142. The molecule has 4 atom stereocenters. The Morgan fingerprint density at radius 1 is 0.870 bits per heavy atom. The van der Waals surface area contributed by atoms with Gasteiger partial charge in [0.05, 0.1) is 6.04 Å². The van der Waals surface area contributed by atoms with E-state index in [0.717, 1.165) is 68.8 Å². The fourth-order valence-electron chi connectivity index (χ4n) is 7.54. The summed E-state index contributed by atoms with van der Waals surface area (Å²) in [6, 6.07) is 10.6. The van der Waals surface area contributed by atoms with Crippen LogP contribution >= 0.6 is 0 Å². The van der Waals surface area contributed by atoms with Gasteiger partial charge in [0, 0.05) is 18.2 Å². The summed E-state index contributed by atoms with van der Waals surface area (Å²) in [5.41, 5.74) is 5.78. The zero-order valence-corrected chi connectivity index (χ0v) is 27.2. The lowest BCUT2D eigenvalue weighted by atomic mass is 9.84. The van der Waals surface area contributed by atoms with E-state index in [1.54, 1.807) is 24.8 Å². The van der Waals surface area contributed by atoms with Crippen molar-refractivity contribution in [2.45, 2.75) is 102 Å². The molecule has 4 N–H and O–H groups in total. The first kappa shape index (κ1) is 33.6. The molecule has 2 aromatic rings. The smallest absolute Gasteiger partial charge is 0.287 e. The predicted octanol–water partition coefficient (Wildman–Crippen LogP) is 3.56. The molecule has 0 bridgehead atoms. The molecule has 0 spiro atoms. The summed E-state index contributed by atoms with van der Waals surface area (Å²) in [7, 11) is 0. The van der Waals surface area contributed by atoms with Gasteiger partial charge in [-0.25, -0.2) is 0 Å². The Morgan fingerprint density at radius 3 is 2.22 bits per heavy atom. The minimum absolute atomic E-state index is 0.0177. The van der Waals surface area contributed by atoms with Crippen LogP contribution in [0.2, 0.25) is 0 Å². The molecule has 2 saturated heterocycles. The second-order valence-electron chi connectivity index (χ2n) is 13.8. The number of hydrogen-bond donors (Lipinski definition) is 3. The molecule has 3 fully saturated rings. The zero-order valence-electron chi connectivity index (χ0n) is 27.2. The Hall–Kier alpha value is -3.79. The van der Waals surface area contributed by atoms with Crippen LogP contribution in [0.25, 0.3) is 10.8 Å². The number of nitrogens with two attached hydrogens (primary N) is 1. The summed E-state index contributed by atoms with van der Waals surface area (Å²) in [4.78, 5) is 70.5. The predicted molar refractivity (Wildman–Crippen MR) is 177 cm³/mol. The van der Waals surface area contributed by atoms with Crippen molar-refractivity contribution in [3.8, 4) is 0 Å². The SMILES string of the molecule is CC(C)C(NC(=O)[C@@H]1C[C@@H](N2CCCCC2)CN1C(=O)[C@@H](CC1CCCCC1)NC(=O)c1ccc2ccccc2c1)C(=O)C(N)=O. The van der Waals surface area contributed by atoms with E-state index in [4.69, 9.17) is 5.73 Å². The molecule has 1 aliphatic carbocycles. The molecular weight excluding hydrogens is 582 g/mol. The van der Waals surface area contributed by atoms with Crippen LogP contribution in [0.4, 0.5) is 0 Å². The first-order chi connectivity index (χ1) is 22.1. The number of nitrogens with zero attached hydrogens (tertiary/aromatic N) is 2. The molecule has 3 aliphatic rings. The molecule has 2 aliphatic heterocycles. The van der Waals surface area contributed by atoms with Gasteiger partial charge in [0.25, 0.3) is 11.8 Å². The van der Waals surface area contributed by atoms with Gasteiger partial charge in [0.1, 0.15) is 12.1 Å². The van der Waals surface area contributed by atoms with Gasteiger partial charge in [0.2, 0.25) is 17.6 Å². The number of amides is 4. The zero-order chi connectivity index (χ0) is 32.8. The van der Waals surface area contributed by atoms with Gasteiger partial charge in [-0.15, -0.1) is 0 Å².